The van der Waals surface area contributed by atoms with E-state index in [2.05, 4.69) is 16.0 Å². The number of nitriles is 1. The van der Waals surface area contributed by atoms with Crippen molar-refractivity contribution in [2.45, 2.75) is 57.8 Å². The van der Waals surface area contributed by atoms with Crippen LogP contribution in [0.2, 0.25) is 5.02 Å². The third-order valence-corrected chi connectivity index (χ3v) is 7.80. The van der Waals surface area contributed by atoms with E-state index in [9.17, 15) is 4.79 Å². The van der Waals surface area contributed by atoms with Crippen LogP contribution < -0.4 is 4.74 Å². The van der Waals surface area contributed by atoms with Gasteiger partial charge in [-0.2, -0.15) is 5.26 Å². The van der Waals surface area contributed by atoms with E-state index < -0.39 is 5.60 Å². The summed E-state index contributed by atoms with van der Waals surface area (Å²) in [5.41, 5.74) is 1.35. The number of aromatic nitrogens is 3. The monoisotopic (exact) mass is 511 g/mol. The van der Waals surface area contributed by atoms with Crippen molar-refractivity contribution >= 4 is 40.7 Å². The minimum Gasteiger partial charge on any atom is -0.473 e. The minimum absolute atomic E-state index is 0.0970. The third kappa shape index (κ3) is 4.78. The molecule has 1 saturated heterocycles. The summed E-state index contributed by atoms with van der Waals surface area (Å²) in [6.45, 7) is 5.65. The molecule has 0 N–H and O–H groups in total. The average Bonchev–Trinajstić information content (AvgIpc) is 3.17. The smallest absolute Gasteiger partial charge is 0.420 e. The van der Waals surface area contributed by atoms with Crippen LogP contribution in [0.5, 0.6) is 5.88 Å². The Morgan fingerprint density at radius 1 is 1.26 bits per heavy atom. The molecule has 1 aliphatic heterocycles. The second-order valence-corrected chi connectivity index (χ2v) is 11.3. The van der Waals surface area contributed by atoms with Gasteiger partial charge in [0.25, 0.3) is 0 Å². The van der Waals surface area contributed by atoms with Crippen LogP contribution in [0, 0.1) is 17.2 Å². The summed E-state index contributed by atoms with van der Waals surface area (Å²) < 4.78 is 15.7. The molecule has 2 fully saturated rings. The van der Waals surface area contributed by atoms with Gasteiger partial charge < -0.3 is 9.47 Å². The molecule has 0 radical (unpaired) electrons. The van der Waals surface area contributed by atoms with Gasteiger partial charge in [-0.3, -0.25) is 4.57 Å². The number of hydrogen-bond donors (Lipinski definition) is 0. The fourth-order valence-corrected chi connectivity index (χ4v) is 5.94. The number of rotatable bonds is 3. The van der Waals surface area contributed by atoms with Crippen molar-refractivity contribution in [1.29, 1.82) is 5.26 Å². The number of carbonyl (C=O) groups excluding carboxylic acids is 1. The maximum absolute atomic E-state index is 12.8. The fraction of sp³-hybridized carbons (Fsp3) is 0.440. The second kappa shape index (κ2) is 9.25. The van der Waals surface area contributed by atoms with Crippen molar-refractivity contribution in [3.63, 3.8) is 0 Å². The van der Waals surface area contributed by atoms with Crippen molar-refractivity contribution in [3.05, 3.63) is 47.4 Å². The van der Waals surface area contributed by atoms with Crippen LogP contribution in [-0.4, -0.2) is 48.4 Å². The number of nitrogens with zero attached hydrogens (tertiary/aromatic N) is 5. The van der Waals surface area contributed by atoms with Gasteiger partial charge in [-0.15, -0.1) is 0 Å². The normalized spacial score (nSPS) is 22.0. The molecule has 182 valence electrons. The molecule has 2 aliphatic rings. The summed E-state index contributed by atoms with van der Waals surface area (Å²) >= 11 is 7.91. The molecule has 1 amide bonds. The Morgan fingerprint density at radius 3 is 2.77 bits per heavy atom. The number of hydrogen-bond acceptors (Lipinski definition) is 7. The molecule has 3 aromatic rings. The van der Waals surface area contributed by atoms with Gasteiger partial charge in [0, 0.05) is 12.2 Å². The van der Waals surface area contributed by atoms with E-state index in [-0.39, 0.29) is 18.2 Å². The molecule has 10 heteroatoms. The first-order valence-electron chi connectivity index (χ1n) is 11.6. The number of amides is 1. The van der Waals surface area contributed by atoms with Crippen LogP contribution >= 0.6 is 23.5 Å². The summed E-state index contributed by atoms with van der Waals surface area (Å²) in [6, 6.07) is 9.33. The minimum atomic E-state index is -0.531. The largest absolute Gasteiger partial charge is 0.473 e. The highest BCUT2D eigenvalue weighted by atomic mass is 35.5. The van der Waals surface area contributed by atoms with Crippen LogP contribution in [0.1, 0.15) is 45.6 Å². The van der Waals surface area contributed by atoms with Gasteiger partial charge in [0.2, 0.25) is 5.88 Å². The van der Waals surface area contributed by atoms with Crippen LogP contribution in [0.25, 0.3) is 16.7 Å². The van der Waals surface area contributed by atoms with E-state index in [0.29, 0.717) is 33.8 Å². The quantitative estimate of drug-likeness (QED) is 0.412. The SMILES string of the molecule is CC(C)(C)OC(=O)N1SC[C@H](Oc2ncnc3c2ccn3-c2ccc(C#N)cc2Cl)CC2CCC21. The van der Waals surface area contributed by atoms with E-state index in [4.69, 9.17) is 26.3 Å². The highest BCUT2D eigenvalue weighted by Crippen LogP contribution is 2.43. The molecule has 35 heavy (non-hydrogen) atoms. The molecule has 3 heterocycles. The first kappa shape index (κ1) is 23.8. The van der Waals surface area contributed by atoms with E-state index in [1.165, 1.54) is 18.3 Å². The van der Waals surface area contributed by atoms with Crippen LogP contribution in [0.15, 0.2) is 36.8 Å². The highest BCUT2D eigenvalue weighted by molar-refractivity contribution is 7.97. The molecular weight excluding hydrogens is 486 g/mol. The predicted molar refractivity (Wildman–Crippen MR) is 135 cm³/mol. The molecule has 1 saturated carbocycles. The Balaban J connectivity index is 1.37. The zero-order valence-electron chi connectivity index (χ0n) is 19.8. The molecule has 1 aliphatic carbocycles. The number of benzene rings is 1. The summed E-state index contributed by atoms with van der Waals surface area (Å²) in [6.07, 6.45) is 5.87. The van der Waals surface area contributed by atoms with E-state index in [0.717, 1.165) is 30.3 Å². The van der Waals surface area contributed by atoms with E-state index >= 15 is 0 Å². The van der Waals surface area contributed by atoms with Gasteiger partial charge >= 0.3 is 6.09 Å². The van der Waals surface area contributed by atoms with E-state index in [1.54, 1.807) is 18.2 Å². The Kier molecular flexibility index (Phi) is 6.28. The van der Waals surface area contributed by atoms with Crippen LogP contribution in [0.3, 0.4) is 0 Å². The molecule has 8 nitrogen and oxygen atoms in total. The van der Waals surface area contributed by atoms with Crippen molar-refractivity contribution in [1.82, 2.24) is 18.8 Å². The van der Waals surface area contributed by atoms with Gasteiger partial charge in [-0.25, -0.2) is 19.1 Å². The Morgan fingerprint density at radius 2 is 2.09 bits per heavy atom. The molecule has 2 unspecified atom stereocenters. The summed E-state index contributed by atoms with van der Waals surface area (Å²) in [5.74, 6) is 1.51. The molecule has 0 bridgehead atoms. The van der Waals surface area contributed by atoms with Gasteiger partial charge in [-0.1, -0.05) is 11.6 Å². The lowest BCUT2D eigenvalue weighted by atomic mass is 9.76. The standard InChI is InChI=1S/C25H26ClN5O3S/c1-25(2,3)34-24(32)31-20-7-5-16(20)11-17(13-35-31)33-23-18-8-9-30(22(18)28-14-29-23)21-6-4-15(12-27)10-19(21)26/h4,6,8-10,14,16-17,20H,5,7,11,13H2,1-3H3/t16?,17-,20?/m1/s1. The van der Waals surface area contributed by atoms with Gasteiger partial charge in [0.05, 0.1) is 33.5 Å². The summed E-state index contributed by atoms with van der Waals surface area (Å²) in [5, 5.41) is 10.4. The zero-order valence-corrected chi connectivity index (χ0v) is 21.3. The zero-order chi connectivity index (χ0) is 24.7. The fourth-order valence-electron chi connectivity index (χ4n) is 4.52. The maximum atomic E-state index is 12.8. The first-order chi connectivity index (χ1) is 16.7. The number of halogens is 1. The highest BCUT2D eigenvalue weighted by Gasteiger charge is 2.44. The summed E-state index contributed by atoms with van der Waals surface area (Å²) in [7, 11) is 0. The lowest BCUT2D eigenvalue weighted by Crippen LogP contribution is -2.47. The Hall–Kier alpha value is -2.96. The molecule has 5 rings (SSSR count). The summed E-state index contributed by atoms with van der Waals surface area (Å²) in [4.78, 5) is 21.7. The number of carbonyl (C=O) groups is 1. The van der Waals surface area contributed by atoms with Crippen molar-refractivity contribution in [3.8, 4) is 17.6 Å². The third-order valence-electron chi connectivity index (χ3n) is 6.28. The van der Waals surface area contributed by atoms with Crippen molar-refractivity contribution in [2.24, 2.45) is 5.92 Å². The lowest BCUT2D eigenvalue weighted by molar-refractivity contribution is 0.0191. The topological polar surface area (TPSA) is 93.3 Å². The van der Waals surface area contributed by atoms with Crippen molar-refractivity contribution in [2.75, 3.05) is 5.75 Å². The predicted octanol–water partition coefficient (Wildman–Crippen LogP) is 5.76. The number of ether oxygens (including phenoxy) is 2. The molecule has 3 atom stereocenters. The van der Waals surface area contributed by atoms with Crippen molar-refractivity contribution < 1.29 is 14.3 Å². The Labute approximate surface area is 213 Å². The molecule has 1 aromatic carbocycles. The van der Waals surface area contributed by atoms with Gasteiger partial charge in [-0.05, 0) is 82.2 Å². The van der Waals surface area contributed by atoms with Crippen LogP contribution in [-0.2, 0) is 4.74 Å². The molecular formula is C25H26ClN5O3S. The van der Waals surface area contributed by atoms with Gasteiger partial charge in [0.15, 0.2) is 5.65 Å². The van der Waals surface area contributed by atoms with Crippen LogP contribution in [0.4, 0.5) is 4.79 Å². The Bertz CT molecular complexity index is 1310. The number of fused-ring (bicyclic) bond motifs is 2. The average molecular weight is 512 g/mol. The second-order valence-electron chi connectivity index (χ2n) is 9.86. The van der Waals surface area contributed by atoms with Gasteiger partial charge in [0.1, 0.15) is 18.0 Å². The molecule has 2 aromatic heterocycles. The lowest BCUT2D eigenvalue weighted by Gasteiger charge is -2.41. The first-order valence-corrected chi connectivity index (χ1v) is 12.9. The molecule has 0 spiro atoms. The van der Waals surface area contributed by atoms with E-state index in [1.807, 2.05) is 41.9 Å². The maximum Gasteiger partial charge on any atom is 0.420 e.